The third kappa shape index (κ3) is 3.02. The molecule has 0 radical (unpaired) electrons. The fraction of sp³-hybridized carbons (Fsp3) is 0.667. The quantitative estimate of drug-likeness (QED) is 0.701. The van der Waals surface area contributed by atoms with E-state index in [-0.39, 0.29) is 5.91 Å². The Morgan fingerprint density at radius 3 is 3.07 bits per heavy atom. The van der Waals surface area contributed by atoms with E-state index in [1.54, 1.807) is 7.05 Å². The number of carbonyl (C=O) groups is 1. The minimum Gasteiger partial charge on any atom is -0.308 e. The number of carbonyl (C=O) groups excluding carboxylic acids is 1. The monoisotopic (exact) mass is 209 g/mol. The highest BCUT2D eigenvalue weighted by molar-refractivity contribution is 5.90. The molecule has 0 saturated heterocycles. The zero-order valence-electron chi connectivity index (χ0n) is 8.73. The molecule has 1 saturated carbocycles. The fourth-order valence-corrected chi connectivity index (χ4v) is 1.29. The SMILES string of the molecule is Cn1ncnc1NC(=O)CNCC1CC1. The van der Waals surface area contributed by atoms with E-state index in [9.17, 15) is 4.79 Å². The van der Waals surface area contributed by atoms with Crippen molar-refractivity contribution >= 4 is 11.9 Å². The topological polar surface area (TPSA) is 71.8 Å². The molecule has 1 aromatic rings. The summed E-state index contributed by atoms with van der Waals surface area (Å²) >= 11 is 0. The summed E-state index contributed by atoms with van der Waals surface area (Å²) in [5.74, 6) is 1.19. The van der Waals surface area contributed by atoms with Gasteiger partial charge < -0.3 is 5.32 Å². The first-order valence-electron chi connectivity index (χ1n) is 5.10. The van der Waals surface area contributed by atoms with Crippen LogP contribution in [0.2, 0.25) is 0 Å². The lowest BCUT2D eigenvalue weighted by Gasteiger charge is -2.04. The van der Waals surface area contributed by atoms with Crippen molar-refractivity contribution < 1.29 is 4.79 Å². The van der Waals surface area contributed by atoms with Crippen LogP contribution in [0, 0.1) is 5.92 Å². The largest absolute Gasteiger partial charge is 0.308 e. The molecule has 0 unspecified atom stereocenters. The molecule has 6 heteroatoms. The molecule has 2 rings (SSSR count). The van der Waals surface area contributed by atoms with Crippen LogP contribution in [0.5, 0.6) is 0 Å². The van der Waals surface area contributed by atoms with Crippen LogP contribution in [0.4, 0.5) is 5.95 Å². The van der Waals surface area contributed by atoms with Crippen LogP contribution in [0.15, 0.2) is 6.33 Å². The van der Waals surface area contributed by atoms with Crippen molar-refractivity contribution in [2.75, 3.05) is 18.4 Å². The second-order valence-corrected chi connectivity index (χ2v) is 3.83. The molecule has 1 amide bonds. The van der Waals surface area contributed by atoms with Crippen molar-refractivity contribution in [3.05, 3.63) is 6.33 Å². The number of aromatic nitrogens is 3. The maximum atomic E-state index is 11.4. The van der Waals surface area contributed by atoms with Crippen LogP contribution < -0.4 is 10.6 Å². The molecule has 1 aliphatic carbocycles. The predicted octanol–water partition coefficient (Wildman–Crippen LogP) is -0.247. The molecule has 82 valence electrons. The first-order chi connectivity index (χ1) is 7.25. The fourth-order valence-electron chi connectivity index (χ4n) is 1.29. The van der Waals surface area contributed by atoms with Crippen LogP contribution in [0.1, 0.15) is 12.8 Å². The van der Waals surface area contributed by atoms with Crippen molar-refractivity contribution in [1.29, 1.82) is 0 Å². The molecule has 2 N–H and O–H groups in total. The standard InChI is InChI=1S/C9H15N5O/c1-14-9(11-6-12-14)13-8(15)5-10-4-7-2-3-7/h6-7,10H,2-5H2,1H3,(H,11,12,13,15). The molecule has 0 spiro atoms. The highest BCUT2D eigenvalue weighted by atomic mass is 16.2. The van der Waals surface area contributed by atoms with Gasteiger partial charge in [0.1, 0.15) is 6.33 Å². The number of nitrogens with zero attached hydrogens (tertiary/aromatic N) is 3. The number of hydrogen-bond acceptors (Lipinski definition) is 4. The summed E-state index contributed by atoms with van der Waals surface area (Å²) < 4.78 is 1.53. The zero-order valence-corrected chi connectivity index (χ0v) is 8.73. The Balaban J connectivity index is 1.69. The number of nitrogens with one attached hydrogen (secondary N) is 2. The van der Waals surface area contributed by atoms with Gasteiger partial charge in [-0.15, -0.1) is 0 Å². The van der Waals surface area contributed by atoms with Gasteiger partial charge in [0, 0.05) is 7.05 Å². The second-order valence-electron chi connectivity index (χ2n) is 3.83. The Morgan fingerprint density at radius 1 is 1.67 bits per heavy atom. The van der Waals surface area contributed by atoms with Crippen molar-refractivity contribution in [3.63, 3.8) is 0 Å². The third-order valence-corrected chi connectivity index (χ3v) is 2.38. The smallest absolute Gasteiger partial charge is 0.240 e. The number of hydrogen-bond donors (Lipinski definition) is 2. The minimum absolute atomic E-state index is 0.0771. The number of aryl methyl sites for hydroxylation is 1. The van der Waals surface area contributed by atoms with E-state index in [1.165, 1.54) is 23.9 Å². The van der Waals surface area contributed by atoms with Crippen molar-refractivity contribution in [1.82, 2.24) is 20.1 Å². The van der Waals surface area contributed by atoms with E-state index < -0.39 is 0 Å². The van der Waals surface area contributed by atoms with Crippen LogP contribution >= 0.6 is 0 Å². The summed E-state index contributed by atoms with van der Waals surface area (Å²) in [5.41, 5.74) is 0. The molecule has 0 atom stereocenters. The normalized spacial score (nSPS) is 15.3. The van der Waals surface area contributed by atoms with Crippen LogP contribution in [-0.4, -0.2) is 33.8 Å². The maximum Gasteiger partial charge on any atom is 0.240 e. The van der Waals surface area contributed by atoms with Crippen LogP contribution in [0.3, 0.4) is 0 Å². The second kappa shape index (κ2) is 4.39. The number of amides is 1. The third-order valence-electron chi connectivity index (χ3n) is 2.38. The number of anilines is 1. The lowest BCUT2D eigenvalue weighted by molar-refractivity contribution is -0.115. The highest BCUT2D eigenvalue weighted by Gasteiger charge is 2.20. The Morgan fingerprint density at radius 2 is 2.47 bits per heavy atom. The lowest BCUT2D eigenvalue weighted by atomic mass is 10.4. The Kier molecular flexibility index (Phi) is 2.96. The summed E-state index contributed by atoms with van der Waals surface area (Å²) in [6, 6.07) is 0. The summed E-state index contributed by atoms with van der Waals surface area (Å²) in [7, 11) is 1.74. The first-order valence-corrected chi connectivity index (χ1v) is 5.10. The molecule has 0 aromatic carbocycles. The summed E-state index contributed by atoms with van der Waals surface area (Å²) in [5, 5.41) is 9.64. The number of rotatable bonds is 5. The molecule has 1 heterocycles. The van der Waals surface area contributed by atoms with E-state index in [2.05, 4.69) is 20.7 Å². The minimum atomic E-state index is -0.0771. The van der Waals surface area contributed by atoms with Gasteiger partial charge in [0.05, 0.1) is 6.54 Å². The van der Waals surface area contributed by atoms with Crippen molar-refractivity contribution in [2.24, 2.45) is 13.0 Å². The average molecular weight is 209 g/mol. The lowest BCUT2D eigenvalue weighted by Crippen LogP contribution is -2.30. The maximum absolute atomic E-state index is 11.4. The van der Waals surface area contributed by atoms with Gasteiger partial charge in [0.25, 0.3) is 0 Å². The Labute approximate surface area is 88.1 Å². The van der Waals surface area contributed by atoms with Crippen LogP contribution in [-0.2, 0) is 11.8 Å². The summed E-state index contributed by atoms with van der Waals surface area (Å²) in [4.78, 5) is 15.3. The summed E-state index contributed by atoms with van der Waals surface area (Å²) in [6.45, 7) is 1.27. The van der Waals surface area contributed by atoms with E-state index in [0.29, 0.717) is 12.5 Å². The predicted molar refractivity (Wildman–Crippen MR) is 55.2 cm³/mol. The van der Waals surface area contributed by atoms with Gasteiger partial charge in [-0.25, -0.2) is 4.68 Å². The molecule has 0 bridgehead atoms. The van der Waals surface area contributed by atoms with E-state index in [0.717, 1.165) is 12.5 Å². The molecular formula is C9H15N5O. The van der Waals surface area contributed by atoms with Crippen molar-refractivity contribution in [2.45, 2.75) is 12.8 Å². The molecule has 1 aromatic heterocycles. The van der Waals surface area contributed by atoms with Gasteiger partial charge in [0.15, 0.2) is 0 Å². The van der Waals surface area contributed by atoms with Gasteiger partial charge in [-0.05, 0) is 25.3 Å². The van der Waals surface area contributed by atoms with E-state index >= 15 is 0 Å². The van der Waals surface area contributed by atoms with Gasteiger partial charge in [-0.2, -0.15) is 10.1 Å². The van der Waals surface area contributed by atoms with Crippen LogP contribution in [0.25, 0.3) is 0 Å². The van der Waals surface area contributed by atoms with Gasteiger partial charge in [-0.1, -0.05) is 0 Å². The Bertz CT molecular complexity index is 344. The van der Waals surface area contributed by atoms with Crippen molar-refractivity contribution in [3.8, 4) is 0 Å². The van der Waals surface area contributed by atoms with Gasteiger partial charge in [0.2, 0.25) is 11.9 Å². The highest BCUT2D eigenvalue weighted by Crippen LogP contribution is 2.27. The first kappa shape index (κ1) is 10.1. The molecule has 1 aliphatic rings. The average Bonchev–Trinajstić information content (AvgIpc) is 2.93. The Hall–Kier alpha value is -1.43. The van der Waals surface area contributed by atoms with Gasteiger partial charge >= 0.3 is 0 Å². The molecule has 1 fully saturated rings. The molecule has 0 aliphatic heterocycles. The summed E-state index contributed by atoms with van der Waals surface area (Å²) in [6.07, 6.45) is 3.99. The molecular weight excluding hydrogens is 194 g/mol. The van der Waals surface area contributed by atoms with E-state index in [1.807, 2.05) is 0 Å². The van der Waals surface area contributed by atoms with E-state index in [4.69, 9.17) is 0 Å². The molecule has 15 heavy (non-hydrogen) atoms. The molecule has 6 nitrogen and oxygen atoms in total. The zero-order chi connectivity index (χ0) is 10.7. The van der Waals surface area contributed by atoms with Gasteiger partial charge in [-0.3, -0.25) is 10.1 Å².